The molecule has 0 aliphatic carbocycles. The monoisotopic (exact) mass is 242 g/mol. The summed E-state index contributed by atoms with van der Waals surface area (Å²) in [6, 6.07) is 8.04. The van der Waals surface area contributed by atoms with Crippen LogP contribution in [0.3, 0.4) is 0 Å². The smallest absolute Gasteiger partial charge is 0.0407 e. The molecule has 1 aromatic carbocycles. The maximum atomic E-state index is 7.57. The highest BCUT2D eigenvalue weighted by molar-refractivity contribution is 6.30. The second-order valence-electron chi connectivity index (χ2n) is 3.53. The third-order valence-corrected chi connectivity index (χ3v) is 2.56. The normalized spacial score (nSPS) is 15.3. The van der Waals surface area contributed by atoms with Gasteiger partial charge < -0.3 is 15.3 Å². The average molecular weight is 243 g/mol. The van der Waals surface area contributed by atoms with E-state index in [1.807, 2.05) is 12.1 Å². The molecule has 3 nitrogen and oxygen atoms in total. The predicted octanol–water partition coefficient (Wildman–Crippen LogP) is 1.75. The van der Waals surface area contributed by atoms with Crippen LogP contribution in [0.1, 0.15) is 6.92 Å². The highest BCUT2D eigenvalue weighted by Gasteiger charge is 2.09. The van der Waals surface area contributed by atoms with Crippen molar-refractivity contribution in [2.24, 2.45) is 0 Å². The minimum atomic E-state index is 0.250. The molecule has 0 bridgehead atoms. The van der Waals surface area contributed by atoms with Crippen molar-refractivity contribution >= 4 is 17.3 Å². The Morgan fingerprint density at radius 1 is 1.25 bits per heavy atom. The van der Waals surface area contributed by atoms with E-state index < -0.39 is 0 Å². The third-order valence-electron chi connectivity index (χ3n) is 2.31. The lowest BCUT2D eigenvalue weighted by molar-refractivity contribution is 0.318. The van der Waals surface area contributed by atoms with Gasteiger partial charge in [-0.25, -0.2) is 0 Å². The summed E-state index contributed by atoms with van der Waals surface area (Å²) >= 11 is 5.82. The molecule has 90 valence electrons. The average Bonchev–Trinajstić information content (AvgIpc) is 2.32. The number of halogens is 1. The van der Waals surface area contributed by atoms with Gasteiger partial charge in [0.2, 0.25) is 0 Å². The largest absolute Gasteiger partial charge is 0.397 e. The molecule has 1 aromatic rings. The van der Waals surface area contributed by atoms with Gasteiger partial charge in [-0.05, 0) is 31.2 Å². The summed E-state index contributed by atoms with van der Waals surface area (Å²) in [5.41, 5.74) is 1.27. The Hall–Kier alpha value is -0.770. The summed E-state index contributed by atoms with van der Waals surface area (Å²) in [5, 5.41) is 11.7. The molecule has 1 aliphatic heterocycles. The molecule has 1 heterocycles. The molecule has 0 atom stereocenters. The molecule has 0 aromatic heterocycles. The minimum Gasteiger partial charge on any atom is -0.397 e. The van der Waals surface area contributed by atoms with E-state index in [1.165, 1.54) is 5.69 Å². The fraction of sp³-hybridized carbons (Fsp3) is 0.500. The quantitative estimate of drug-likeness (QED) is 0.788. The van der Waals surface area contributed by atoms with Crippen LogP contribution in [0, 0.1) is 0 Å². The first-order valence-corrected chi connectivity index (χ1v) is 5.97. The van der Waals surface area contributed by atoms with Gasteiger partial charge in [0.1, 0.15) is 0 Å². The molecule has 1 saturated heterocycles. The summed E-state index contributed by atoms with van der Waals surface area (Å²) < 4.78 is 0. The standard InChI is InChI=1S/C10H13ClN2.C2H6O/c11-9-1-3-10(4-2-9)13-7-5-12-6-8-13;1-2-3/h1-4,12H,5-8H2;3H,2H2,1H3. The predicted molar refractivity (Wildman–Crippen MR) is 69.3 cm³/mol. The minimum absolute atomic E-state index is 0.250. The van der Waals surface area contributed by atoms with Crippen LogP contribution < -0.4 is 10.2 Å². The number of piperazine rings is 1. The number of rotatable bonds is 1. The molecule has 2 N–H and O–H groups in total. The van der Waals surface area contributed by atoms with Gasteiger partial charge in [-0.15, -0.1) is 0 Å². The maximum absolute atomic E-state index is 7.57. The number of hydrogen-bond acceptors (Lipinski definition) is 3. The fourth-order valence-electron chi connectivity index (χ4n) is 1.57. The molecule has 1 aliphatic rings. The van der Waals surface area contributed by atoms with E-state index in [1.54, 1.807) is 6.92 Å². The summed E-state index contributed by atoms with van der Waals surface area (Å²) in [6.07, 6.45) is 0. The van der Waals surface area contributed by atoms with Crippen LogP contribution in [0.5, 0.6) is 0 Å². The third kappa shape index (κ3) is 4.39. The molecule has 0 unspecified atom stereocenters. The van der Waals surface area contributed by atoms with Gasteiger partial charge in [-0.2, -0.15) is 0 Å². The molecule has 0 saturated carbocycles. The lowest BCUT2D eigenvalue weighted by Gasteiger charge is -2.29. The SMILES string of the molecule is CCO.Clc1ccc(N2CCNCC2)cc1. The first-order valence-electron chi connectivity index (χ1n) is 5.60. The number of nitrogens with zero attached hydrogens (tertiary/aromatic N) is 1. The fourth-order valence-corrected chi connectivity index (χ4v) is 1.70. The molecule has 0 spiro atoms. The highest BCUT2D eigenvalue weighted by Crippen LogP contribution is 2.17. The Morgan fingerprint density at radius 3 is 2.25 bits per heavy atom. The van der Waals surface area contributed by atoms with Crippen molar-refractivity contribution in [1.29, 1.82) is 0 Å². The van der Waals surface area contributed by atoms with E-state index in [4.69, 9.17) is 16.7 Å². The van der Waals surface area contributed by atoms with Crippen LogP contribution in [0.15, 0.2) is 24.3 Å². The van der Waals surface area contributed by atoms with Gasteiger partial charge >= 0.3 is 0 Å². The maximum Gasteiger partial charge on any atom is 0.0407 e. The number of hydrogen-bond donors (Lipinski definition) is 2. The first-order chi connectivity index (χ1) is 7.77. The van der Waals surface area contributed by atoms with E-state index in [0.29, 0.717) is 0 Å². The van der Waals surface area contributed by atoms with E-state index in [2.05, 4.69) is 22.3 Å². The molecule has 4 heteroatoms. The summed E-state index contributed by atoms with van der Waals surface area (Å²) in [5.74, 6) is 0. The van der Waals surface area contributed by atoms with Gasteiger partial charge in [0.25, 0.3) is 0 Å². The van der Waals surface area contributed by atoms with Crippen molar-refractivity contribution in [3.63, 3.8) is 0 Å². The Labute approximate surface area is 102 Å². The van der Waals surface area contributed by atoms with Crippen LogP contribution in [0.4, 0.5) is 5.69 Å². The van der Waals surface area contributed by atoms with Crippen molar-refractivity contribution in [3.8, 4) is 0 Å². The zero-order chi connectivity index (χ0) is 11.8. The van der Waals surface area contributed by atoms with Crippen LogP contribution in [-0.2, 0) is 0 Å². The van der Waals surface area contributed by atoms with Crippen molar-refractivity contribution in [2.75, 3.05) is 37.7 Å². The molecule has 1 fully saturated rings. The number of benzene rings is 1. The molecular weight excluding hydrogens is 224 g/mol. The summed E-state index contributed by atoms with van der Waals surface area (Å²) in [6.45, 7) is 6.24. The van der Waals surface area contributed by atoms with E-state index in [9.17, 15) is 0 Å². The van der Waals surface area contributed by atoms with Gasteiger partial charge in [-0.3, -0.25) is 0 Å². The molecule has 16 heavy (non-hydrogen) atoms. The van der Waals surface area contributed by atoms with E-state index >= 15 is 0 Å². The summed E-state index contributed by atoms with van der Waals surface area (Å²) in [4.78, 5) is 2.37. The van der Waals surface area contributed by atoms with Crippen molar-refractivity contribution < 1.29 is 5.11 Å². The zero-order valence-corrected chi connectivity index (χ0v) is 10.4. The van der Waals surface area contributed by atoms with Crippen LogP contribution in [0.2, 0.25) is 5.02 Å². The zero-order valence-electron chi connectivity index (χ0n) is 9.62. The van der Waals surface area contributed by atoms with Crippen LogP contribution in [0.25, 0.3) is 0 Å². The topological polar surface area (TPSA) is 35.5 Å². The first kappa shape index (κ1) is 13.3. The second kappa shape index (κ2) is 7.49. The lowest BCUT2D eigenvalue weighted by atomic mass is 10.2. The van der Waals surface area contributed by atoms with Crippen molar-refractivity contribution in [3.05, 3.63) is 29.3 Å². The number of anilines is 1. The molecule has 0 radical (unpaired) electrons. The van der Waals surface area contributed by atoms with Crippen LogP contribution in [-0.4, -0.2) is 37.9 Å². The number of aliphatic hydroxyl groups excluding tert-OH is 1. The van der Waals surface area contributed by atoms with Gasteiger partial charge in [0.05, 0.1) is 0 Å². The second-order valence-corrected chi connectivity index (χ2v) is 3.97. The van der Waals surface area contributed by atoms with Crippen molar-refractivity contribution in [2.45, 2.75) is 6.92 Å². The van der Waals surface area contributed by atoms with Gasteiger partial charge in [0.15, 0.2) is 0 Å². The number of aliphatic hydroxyl groups is 1. The Morgan fingerprint density at radius 2 is 1.75 bits per heavy atom. The van der Waals surface area contributed by atoms with Crippen LogP contribution >= 0.6 is 11.6 Å². The van der Waals surface area contributed by atoms with Crippen molar-refractivity contribution in [1.82, 2.24) is 5.32 Å². The number of nitrogens with one attached hydrogen (secondary N) is 1. The molecule has 0 amide bonds. The Kier molecular flexibility index (Phi) is 6.23. The van der Waals surface area contributed by atoms with E-state index in [-0.39, 0.29) is 6.61 Å². The highest BCUT2D eigenvalue weighted by atomic mass is 35.5. The lowest BCUT2D eigenvalue weighted by Crippen LogP contribution is -2.43. The van der Waals surface area contributed by atoms with E-state index in [0.717, 1.165) is 31.2 Å². The van der Waals surface area contributed by atoms with Gasteiger partial charge in [0, 0.05) is 43.5 Å². The Bertz CT molecular complexity index is 284. The van der Waals surface area contributed by atoms with Gasteiger partial charge in [-0.1, -0.05) is 11.6 Å². The molecular formula is C12H19ClN2O. The molecule has 2 rings (SSSR count). The Balaban J connectivity index is 0.000000386. The summed E-state index contributed by atoms with van der Waals surface area (Å²) in [7, 11) is 0.